The van der Waals surface area contributed by atoms with Crippen LogP contribution < -0.4 is 4.74 Å². The van der Waals surface area contributed by atoms with E-state index in [1.54, 1.807) is 29.9 Å². The molecule has 0 saturated heterocycles. The van der Waals surface area contributed by atoms with E-state index in [4.69, 9.17) is 16.3 Å². The van der Waals surface area contributed by atoms with Crippen molar-refractivity contribution in [3.8, 4) is 5.75 Å². The van der Waals surface area contributed by atoms with E-state index in [-0.39, 0.29) is 5.91 Å². The van der Waals surface area contributed by atoms with Crippen LogP contribution in [-0.2, 0) is 13.1 Å². The first-order valence-corrected chi connectivity index (χ1v) is 8.46. The predicted molar refractivity (Wildman–Crippen MR) is 99.4 cm³/mol. The molecule has 0 unspecified atom stereocenters. The fraction of sp³-hybridized carbons (Fsp3) is 0.211. The third-order valence-electron chi connectivity index (χ3n) is 3.92. The number of methoxy groups -OCH3 is 1. The molecule has 6 nitrogen and oxygen atoms in total. The topological polar surface area (TPSA) is 60.2 Å². The molecule has 0 atom stereocenters. The van der Waals surface area contributed by atoms with Gasteiger partial charge in [0.2, 0.25) is 0 Å². The number of aromatic nitrogens is 3. The Bertz CT molecular complexity index is 893. The number of hydrogen-bond acceptors (Lipinski definition) is 4. The summed E-state index contributed by atoms with van der Waals surface area (Å²) < 4.78 is 6.85. The van der Waals surface area contributed by atoms with Crippen LogP contribution in [0.4, 0.5) is 0 Å². The van der Waals surface area contributed by atoms with Gasteiger partial charge < -0.3 is 9.64 Å². The number of ether oxygens (including phenoxy) is 1. The molecule has 1 aromatic heterocycles. The monoisotopic (exact) mass is 370 g/mol. The van der Waals surface area contributed by atoms with Gasteiger partial charge in [0, 0.05) is 18.6 Å². The number of amides is 1. The average Bonchev–Trinajstić information content (AvgIpc) is 3.11. The van der Waals surface area contributed by atoms with Crippen LogP contribution in [0, 0.1) is 0 Å². The summed E-state index contributed by atoms with van der Waals surface area (Å²) in [7, 11) is 3.35. The van der Waals surface area contributed by atoms with E-state index >= 15 is 0 Å². The zero-order valence-corrected chi connectivity index (χ0v) is 15.3. The quantitative estimate of drug-likeness (QED) is 0.668. The number of benzene rings is 2. The first kappa shape index (κ1) is 17.9. The maximum atomic E-state index is 12.6. The number of carbonyl (C=O) groups is 1. The third kappa shape index (κ3) is 4.40. The number of halogens is 1. The lowest BCUT2D eigenvalue weighted by molar-refractivity contribution is 0.0779. The van der Waals surface area contributed by atoms with Gasteiger partial charge in [-0.15, -0.1) is 5.10 Å². The maximum absolute atomic E-state index is 12.6. The Morgan fingerprint density at radius 2 is 1.96 bits per heavy atom. The van der Waals surface area contributed by atoms with Crippen LogP contribution in [0.3, 0.4) is 0 Å². The summed E-state index contributed by atoms with van der Waals surface area (Å²) in [4.78, 5) is 14.2. The van der Waals surface area contributed by atoms with Crippen LogP contribution in [0.15, 0.2) is 54.7 Å². The Kier molecular flexibility index (Phi) is 5.53. The Morgan fingerprint density at radius 3 is 2.69 bits per heavy atom. The molecule has 1 amide bonds. The van der Waals surface area contributed by atoms with Gasteiger partial charge in [0.15, 0.2) is 5.69 Å². The molecule has 0 aliphatic heterocycles. The smallest absolute Gasteiger partial charge is 0.276 e. The Balaban J connectivity index is 1.65. The van der Waals surface area contributed by atoms with Gasteiger partial charge >= 0.3 is 0 Å². The fourth-order valence-corrected chi connectivity index (χ4v) is 2.69. The molecule has 1 heterocycles. The highest BCUT2D eigenvalue weighted by molar-refractivity contribution is 6.30. The minimum absolute atomic E-state index is 0.185. The van der Waals surface area contributed by atoms with Crippen LogP contribution in [0.1, 0.15) is 21.6 Å². The number of nitrogens with zero attached hydrogens (tertiary/aromatic N) is 4. The predicted octanol–water partition coefficient (Wildman–Crippen LogP) is 3.26. The molecule has 26 heavy (non-hydrogen) atoms. The van der Waals surface area contributed by atoms with Crippen molar-refractivity contribution in [2.24, 2.45) is 0 Å². The highest BCUT2D eigenvalue weighted by Gasteiger charge is 2.16. The normalized spacial score (nSPS) is 10.6. The molecule has 0 N–H and O–H groups in total. The molecule has 0 spiro atoms. The van der Waals surface area contributed by atoms with Crippen molar-refractivity contribution in [1.29, 1.82) is 0 Å². The minimum atomic E-state index is -0.185. The lowest BCUT2D eigenvalue weighted by Crippen LogP contribution is -2.26. The van der Waals surface area contributed by atoms with E-state index in [9.17, 15) is 4.79 Å². The molecule has 0 aliphatic rings. The highest BCUT2D eigenvalue weighted by atomic mass is 35.5. The van der Waals surface area contributed by atoms with Crippen molar-refractivity contribution in [1.82, 2.24) is 19.9 Å². The molecule has 134 valence electrons. The van der Waals surface area contributed by atoms with E-state index in [0.717, 1.165) is 16.9 Å². The van der Waals surface area contributed by atoms with Crippen LogP contribution in [0.25, 0.3) is 0 Å². The maximum Gasteiger partial charge on any atom is 0.276 e. The van der Waals surface area contributed by atoms with E-state index in [2.05, 4.69) is 10.3 Å². The van der Waals surface area contributed by atoms with Gasteiger partial charge in [-0.2, -0.15) is 0 Å². The van der Waals surface area contributed by atoms with Crippen LogP contribution >= 0.6 is 11.6 Å². The first-order valence-electron chi connectivity index (χ1n) is 8.08. The molecule has 0 fully saturated rings. The molecular formula is C19H19ClN4O2. The van der Waals surface area contributed by atoms with Gasteiger partial charge in [-0.3, -0.25) is 4.79 Å². The second kappa shape index (κ2) is 8.01. The average molecular weight is 371 g/mol. The second-order valence-electron chi connectivity index (χ2n) is 5.94. The summed E-state index contributed by atoms with van der Waals surface area (Å²) in [5.74, 6) is 0.576. The summed E-state index contributed by atoms with van der Waals surface area (Å²) >= 11 is 5.89. The molecular weight excluding hydrogens is 352 g/mol. The van der Waals surface area contributed by atoms with Gasteiger partial charge in [-0.05, 0) is 35.4 Å². The Hall–Kier alpha value is -2.86. The highest BCUT2D eigenvalue weighted by Crippen LogP contribution is 2.15. The molecule has 0 saturated carbocycles. The van der Waals surface area contributed by atoms with E-state index in [1.165, 1.54) is 0 Å². The molecule has 0 aliphatic carbocycles. The van der Waals surface area contributed by atoms with E-state index in [1.807, 2.05) is 48.5 Å². The van der Waals surface area contributed by atoms with Gasteiger partial charge in [0.05, 0.1) is 19.9 Å². The summed E-state index contributed by atoms with van der Waals surface area (Å²) in [5, 5.41) is 8.72. The fourth-order valence-electron chi connectivity index (χ4n) is 2.56. The van der Waals surface area contributed by atoms with Gasteiger partial charge in [-0.1, -0.05) is 41.1 Å². The zero-order valence-electron chi connectivity index (χ0n) is 14.6. The number of rotatable bonds is 6. The van der Waals surface area contributed by atoms with Crippen molar-refractivity contribution >= 4 is 17.5 Å². The summed E-state index contributed by atoms with van der Waals surface area (Å²) in [6, 6.07) is 15.1. The summed E-state index contributed by atoms with van der Waals surface area (Å²) in [6.45, 7) is 0.983. The molecule has 7 heteroatoms. The van der Waals surface area contributed by atoms with Gasteiger partial charge in [0.25, 0.3) is 5.91 Å². The lowest BCUT2D eigenvalue weighted by Gasteiger charge is -2.16. The summed E-state index contributed by atoms with van der Waals surface area (Å²) in [6.07, 6.45) is 1.65. The minimum Gasteiger partial charge on any atom is -0.497 e. The van der Waals surface area contributed by atoms with E-state index < -0.39 is 0 Å². The van der Waals surface area contributed by atoms with Crippen LogP contribution in [0.5, 0.6) is 5.75 Å². The van der Waals surface area contributed by atoms with Crippen LogP contribution in [-0.4, -0.2) is 40.0 Å². The van der Waals surface area contributed by atoms with E-state index in [0.29, 0.717) is 23.8 Å². The van der Waals surface area contributed by atoms with Gasteiger partial charge in [0.1, 0.15) is 5.75 Å². The molecule has 0 bridgehead atoms. The lowest BCUT2D eigenvalue weighted by atomic mass is 10.2. The Morgan fingerprint density at radius 1 is 1.19 bits per heavy atom. The zero-order chi connectivity index (χ0) is 18.5. The number of carbonyl (C=O) groups excluding carboxylic acids is 1. The first-order chi connectivity index (χ1) is 12.5. The van der Waals surface area contributed by atoms with Crippen molar-refractivity contribution < 1.29 is 9.53 Å². The molecule has 2 aromatic carbocycles. The molecule has 3 aromatic rings. The van der Waals surface area contributed by atoms with Crippen molar-refractivity contribution in [3.05, 3.63) is 76.6 Å². The molecule has 3 rings (SSSR count). The SMILES string of the molecule is COc1cccc(CN(C)C(=O)c2cn(Cc3ccc(Cl)cc3)nn2)c1. The summed E-state index contributed by atoms with van der Waals surface area (Å²) in [5.41, 5.74) is 2.32. The van der Waals surface area contributed by atoms with Gasteiger partial charge in [-0.25, -0.2) is 4.68 Å². The van der Waals surface area contributed by atoms with Crippen molar-refractivity contribution in [3.63, 3.8) is 0 Å². The Labute approximate surface area is 157 Å². The van der Waals surface area contributed by atoms with Crippen LogP contribution in [0.2, 0.25) is 5.02 Å². The number of hydrogen-bond donors (Lipinski definition) is 0. The standard InChI is InChI=1S/C19H19ClN4O2/c1-23(11-15-4-3-5-17(10-15)26-2)19(25)18-13-24(22-21-18)12-14-6-8-16(20)9-7-14/h3-10,13H,11-12H2,1-2H3. The molecule has 0 radical (unpaired) electrons. The van der Waals surface area contributed by atoms with Crippen molar-refractivity contribution in [2.75, 3.05) is 14.2 Å². The third-order valence-corrected chi connectivity index (χ3v) is 4.17. The van der Waals surface area contributed by atoms with Crippen molar-refractivity contribution in [2.45, 2.75) is 13.1 Å². The largest absolute Gasteiger partial charge is 0.497 e. The second-order valence-corrected chi connectivity index (χ2v) is 6.38.